The van der Waals surface area contributed by atoms with Crippen LogP contribution in [0.5, 0.6) is 0 Å². The van der Waals surface area contributed by atoms with Crippen LogP contribution in [0.15, 0.2) is 29.0 Å². The molecule has 0 saturated carbocycles. The average molecular weight is 343 g/mol. The van der Waals surface area contributed by atoms with Gasteiger partial charge in [-0.15, -0.1) is 11.6 Å². The maximum atomic E-state index is 5.69. The van der Waals surface area contributed by atoms with Crippen LogP contribution in [-0.2, 0) is 0 Å². The van der Waals surface area contributed by atoms with Crippen molar-refractivity contribution in [2.75, 3.05) is 24.4 Å². The predicted octanol–water partition coefficient (Wildman–Crippen LogP) is 4.24. The molecule has 0 amide bonds. The minimum absolute atomic E-state index is 0.748. The molecule has 0 aliphatic rings. The molecule has 2 aromatic rings. The van der Waals surface area contributed by atoms with Crippen LogP contribution in [0.4, 0.5) is 5.69 Å². The van der Waals surface area contributed by atoms with Crippen molar-refractivity contribution >= 4 is 44.3 Å². The molecule has 0 unspecified atom stereocenters. The maximum absolute atomic E-state index is 5.69. The number of anilines is 1. The maximum Gasteiger partial charge on any atom is 0.112 e. The van der Waals surface area contributed by atoms with Gasteiger partial charge in [0.05, 0.1) is 11.2 Å². The Morgan fingerprint density at radius 3 is 2.89 bits per heavy atom. The third-order valence-electron chi connectivity index (χ3n) is 3.06. The lowest BCUT2D eigenvalue weighted by Gasteiger charge is -2.20. The van der Waals surface area contributed by atoms with Gasteiger partial charge in [0, 0.05) is 36.3 Å². The number of aromatic nitrogens is 2. The van der Waals surface area contributed by atoms with E-state index in [2.05, 4.69) is 37.8 Å². The van der Waals surface area contributed by atoms with Gasteiger partial charge in [-0.3, -0.25) is 9.97 Å². The molecule has 0 radical (unpaired) electrons. The van der Waals surface area contributed by atoms with Crippen molar-refractivity contribution in [1.82, 2.24) is 9.97 Å². The molecule has 5 heteroatoms. The van der Waals surface area contributed by atoms with Crippen molar-refractivity contribution in [3.8, 4) is 0 Å². The van der Waals surface area contributed by atoms with Crippen LogP contribution in [-0.4, -0.2) is 29.4 Å². The van der Waals surface area contributed by atoms with Gasteiger partial charge in [0.15, 0.2) is 0 Å². The first-order valence-corrected chi connectivity index (χ1v) is 7.72. The number of alkyl halides is 1. The van der Waals surface area contributed by atoms with E-state index in [0.717, 1.165) is 52.9 Å². The molecule has 102 valence electrons. The fourth-order valence-electron chi connectivity index (χ4n) is 2.04. The van der Waals surface area contributed by atoms with Gasteiger partial charge < -0.3 is 4.90 Å². The molecule has 0 aliphatic carbocycles. The standard InChI is InChI=1S/C14H17BrClN3/c1-19(8-4-2-3-6-16)13-5-7-17-12-9-11(15)10-18-14(12)13/h5,7,9-10H,2-4,6,8H2,1H3. The fourth-order valence-corrected chi connectivity index (χ4v) is 2.55. The van der Waals surface area contributed by atoms with E-state index in [-0.39, 0.29) is 0 Å². The summed E-state index contributed by atoms with van der Waals surface area (Å²) >= 11 is 9.12. The zero-order valence-corrected chi connectivity index (χ0v) is 13.3. The lowest BCUT2D eigenvalue weighted by Crippen LogP contribution is -2.19. The first-order valence-electron chi connectivity index (χ1n) is 6.39. The van der Waals surface area contributed by atoms with E-state index in [1.54, 1.807) is 0 Å². The third-order valence-corrected chi connectivity index (χ3v) is 3.76. The predicted molar refractivity (Wildman–Crippen MR) is 85.1 cm³/mol. The Hall–Kier alpha value is -0.870. The van der Waals surface area contributed by atoms with Crippen LogP contribution >= 0.6 is 27.5 Å². The normalized spacial score (nSPS) is 10.9. The van der Waals surface area contributed by atoms with Crippen LogP contribution < -0.4 is 4.90 Å². The van der Waals surface area contributed by atoms with Crippen molar-refractivity contribution in [1.29, 1.82) is 0 Å². The molecule has 0 N–H and O–H groups in total. The molecule has 0 fully saturated rings. The SMILES string of the molecule is CN(CCCCCCl)c1ccnc2cc(Br)cnc12. The number of unbranched alkanes of at least 4 members (excludes halogenated alkanes) is 2. The highest BCUT2D eigenvalue weighted by molar-refractivity contribution is 9.10. The Kier molecular flexibility index (Phi) is 5.40. The summed E-state index contributed by atoms with van der Waals surface area (Å²) in [5.41, 5.74) is 2.99. The van der Waals surface area contributed by atoms with Crippen LogP contribution in [0.3, 0.4) is 0 Å². The van der Waals surface area contributed by atoms with Gasteiger partial charge >= 0.3 is 0 Å². The second-order valence-corrected chi connectivity index (χ2v) is 5.82. The highest BCUT2D eigenvalue weighted by Gasteiger charge is 2.08. The second-order valence-electron chi connectivity index (χ2n) is 4.52. The fraction of sp³-hybridized carbons (Fsp3) is 0.429. The Balaban J connectivity index is 2.15. The zero-order valence-electron chi connectivity index (χ0n) is 10.9. The Bertz CT molecular complexity index is 547. The molecule has 2 aromatic heterocycles. The van der Waals surface area contributed by atoms with E-state index in [4.69, 9.17) is 11.6 Å². The van der Waals surface area contributed by atoms with E-state index in [1.807, 2.05) is 24.5 Å². The first-order chi connectivity index (χ1) is 9.22. The number of rotatable bonds is 6. The summed E-state index contributed by atoms with van der Waals surface area (Å²) in [4.78, 5) is 11.1. The molecule has 0 aromatic carbocycles. The minimum Gasteiger partial charge on any atom is -0.373 e. The summed E-state index contributed by atoms with van der Waals surface area (Å²) in [5, 5.41) is 0. The Morgan fingerprint density at radius 2 is 2.11 bits per heavy atom. The molecule has 19 heavy (non-hydrogen) atoms. The average Bonchev–Trinajstić information content (AvgIpc) is 2.42. The van der Waals surface area contributed by atoms with E-state index in [1.165, 1.54) is 0 Å². The molecule has 0 aliphatic heterocycles. The summed E-state index contributed by atoms with van der Waals surface area (Å²) in [5.74, 6) is 0.748. The van der Waals surface area contributed by atoms with Crippen LogP contribution in [0, 0.1) is 0 Å². The molecule has 0 atom stereocenters. The van der Waals surface area contributed by atoms with Crippen molar-refractivity contribution in [3.05, 3.63) is 29.0 Å². The molecular weight excluding hydrogens is 326 g/mol. The molecule has 3 nitrogen and oxygen atoms in total. The summed E-state index contributed by atoms with van der Waals surface area (Å²) in [6.45, 7) is 1.01. The lowest BCUT2D eigenvalue weighted by atomic mass is 10.2. The van der Waals surface area contributed by atoms with Crippen LogP contribution in [0.1, 0.15) is 19.3 Å². The number of halogens is 2. The third kappa shape index (κ3) is 3.80. The van der Waals surface area contributed by atoms with Gasteiger partial charge in [0.1, 0.15) is 5.52 Å². The number of pyridine rings is 2. The molecule has 0 saturated heterocycles. The van der Waals surface area contributed by atoms with Crippen molar-refractivity contribution in [2.24, 2.45) is 0 Å². The minimum atomic E-state index is 0.748. The largest absolute Gasteiger partial charge is 0.373 e. The van der Waals surface area contributed by atoms with Gasteiger partial charge in [-0.05, 0) is 40.9 Å². The smallest absolute Gasteiger partial charge is 0.112 e. The second kappa shape index (κ2) is 7.06. The van der Waals surface area contributed by atoms with Crippen LogP contribution in [0.25, 0.3) is 11.0 Å². The monoisotopic (exact) mass is 341 g/mol. The van der Waals surface area contributed by atoms with E-state index in [9.17, 15) is 0 Å². The van der Waals surface area contributed by atoms with Gasteiger partial charge in [0.25, 0.3) is 0 Å². The van der Waals surface area contributed by atoms with Gasteiger partial charge in [-0.2, -0.15) is 0 Å². The topological polar surface area (TPSA) is 29.0 Å². The highest BCUT2D eigenvalue weighted by atomic mass is 79.9. The van der Waals surface area contributed by atoms with Crippen molar-refractivity contribution < 1.29 is 0 Å². The highest BCUT2D eigenvalue weighted by Crippen LogP contribution is 2.24. The summed E-state index contributed by atoms with van der Waals surface area (Å²) in [6, 6.07) is 4.01. The molecule has 2 rings (SSSR count). The molecule has 2 heterocycles. The number of hydrogen-bond donors (Lipinski definition) is 0. The van der Waals surface area contributed by atoms with E-state index in [0.29, 0.717) is 0 Å². The van der Waals surface area contributed by atoms with Crippen molar-refractivity contribution in [2.45, 2.75) is 19.3 Å². The summed E-state index contributed by atoms with van der Waals surface area (Å²) in [7, 11) is 2.10. The number of fused-ring (bicyclic) bond motifs is 1. The quantitative estimate of drug-likeness (QED) is 0.581. The van der Waals surface area contributed by atoms with E-state index >= 15 is 0 Å². The number of nitrogens with zero attached hydrogens (tertiary/aromatic N) is 3. The first kappa shape index (κ1) is 14.5. The zero-order chi connectivity index (χ0) is 13.7. The molecular formula is C14H17BrClN3. The van der Waals surface area contributed by atoms with Gasteiger partial charge in [0.2, 0.25) is 0 Å². The molecule has 0 bridgehead atoms. The lowest BCUT2D eigenvalue weighted by molar-refractivity contribution is 0.708. The Labute approximate surface area is 127 Å². The summed E-state index contributed by atoms with van der Waals surface area (Å²) in [6.07, 6.45) is 7.03. The van der Waals surface area contributed by atoms with Gasteiger partial charge in [-0.25, -0.2) is 0 Å². The molecule has 0 spiro atoms. The summed E-state index contributed by atoms with van der Waals surface area (Å²) < 4.78 is 0.953. The Morgan fingerprint density at radius 1 is 1.26 bits per heavy atom. The van der Waals surface area contributed by atoms with Crippen molar-refractivity contribution in [3.63, 3.8) is 0 Å². The van der Waals surface area contributed by atoms with E-state index < -0.39 is 0 Å². The van der Waals surface area contributed by atoms with Crippen LogP contribution in [0.2, 0.25) is 0 Å². The number of hydrogen-bond acceptors (Lipinski definition) is 3. The van der Waals surface area contributed by atoms with Gasteiger partial charge in [-0.1, -0.05) is 6.42 Å².